The van der Waals surface area contributed by atoms with Gasteiger partial charge in [0, 0.05) is 6.61 Å². The zero-order valence-corrected chi connectivity index (χ0v) is 24.4. The largest absolute Gasteiger partial charge is 0.494 e. The minimum absolute atomic E-state index is 0.149. The van der Waals surface area contributed by atoms with Crippen molar-refractivity contribution in [3.63, 3.8) is 0 Å². The molecule has 2 aromatic carbocycles. The van der Waals surface area contributed by atoms with Crippen LogP contribution in [0.15, 0.2) is 48.5 Å². The van der Waals surface area contributed by atoms with E-state index in [2.05, 4.69) is 69.3 Å². The van der Waals surface area contributed by atoms with Crippen LogP contribution in [0.25, 0.3) is 11.1 Å². The summed E-state index contributed by atoms with van der Waals surface area (Å²) in [5.41, 5.74) is 3.73. The lowest BCUT2D eigenvalue weighted by Crippen LogP contribution is -2.01. The first kappa shape index (κ1) is 31.4. The molecule has 0 heterocycles. The van der Waals surface area contributed by atoms with E-state index in [9.17, 15) is 0 Å². The second-order valence-electron chi connectivity index (χ2n) is 10.8. The molecule has 0 spiro atoms. The minimum Gasteiger partial charge on any atom is -0.494 e. The number of hydrogen-bond acceptors (Lipinski definition) is 2. The molecule has 0 aliphatic carbocycles. The van der Waals surface area contributed by atoms with Crippen LogP contribution in [0, 0.1) is 0 Å². The normalized spacial score (nSPS) is 12.1. The summed E-state index contributed by atoms with van der Waals surface area (Å²) in [6, 6.07) is 17.4. The van der Waals surface area contributed by atoms with Gasteiger partial charge in [0.1, 0.15) is 5.75 Å². The van der Waals surface area contributed by atoms with Gasteiger partial charge in [0.05, 0.1) is 12.7 Å². The van der Waals surface area contributed by atoms with Crippen LogP contribution < -0.4 is 4.74 Å². The molecule has 1 atom stereocenters. The van der Waals surface area contributed by atoms with Crippen molar-refractivity contribution < 1.29 is 9.47 Å². The number of unbranched alkanes of at least 4 members (excludes halogenated alkanes) is 15. The molecule has 2 nitrogen and oxygen atoms in total. The Morgan fingerprint density at radius 2 is 0.892 bits per heavy atom. The Hall–Kier alpha value is -1.80. The molecule has 0 amide bonds. The Labute approximate surface area is 229 Å². The van der Waals surface area contributed by atoms with Gasteiger partial charge in [0.15, 0.2) is 0 Å². The van der Waals surface area contributed by atoms with Gasteiger partial charge >= 0.3 is 0 Å². The van der Waals surface area contributed by atoms with Crippen LogP contribution in [0.1, 0.15) is 142 Å². The van der Waals surface area contributed by atoms with Crippen LogP contribution in [0.4, 0.5) is 0 Å². The van der Waals surface area contributed by atoms with E-state index in [0.29, 0.717) is 0 Å². The van der Waals surface area contributed by atoms with Gasteiger partial charge in [-0.2, -0.15) is 0 Å². The van der Waals surface area contributed by atoms with E-state index in [-0.39, 0.29) is 6.10 Å². The van der Waals surface area contributed by atoms with E-state index in [1.165, 1.54) is 119 Å². The zero-order chi connectivity index (χ0) is 26.4. The van der Waals surface area contributed by atoms with Crippen molar-refractivity contribution in [2.75, 3.05) is 13.2 Å². The first-order valence-corrected chi connectivity index (χ1v) is 15.7. The highest BCUT2D eigenvalue weighted by Gasteiger charge is 2.07. The lowest BCUT2D eigenvalue weighted by atomic mass is 10.0. The van der Waals surface area contributed by atoms with E-state index < -0.39 is 0 Å². The molecule has 0 fully saturated rings. The second kappa shape index (κ2) is 21.2. The van der Waals surface area contributed by atoms with E-state index in [4.69, 9.17) is 9.47 Å². The van der Waals surface area contributed by atoms with Gasteiger partial charge in [-0.15, -0.1) is 0 Å². The van der Waals surface area contributed by atoms with Gasteiger partial charge in [-0.05, 0) is 48.6 Å². The van der Waals surface area contributed by atoms with Crippen LogP contribution in [0.2, 0.25) is 0 Å². The molecule has 37 heavy (non-hydrogen) atoms. The zero-order valence-electron chi connectivity index (χ0n) is 24.4. The van der Waals surface area contributed by atoms with Crippen molar-refractivity contribution in [1.29, 1.82) is 0 Å². The van der Waals surface area contributed by atoms with E-state index >= 15 is 0 Å². The van der Waals surface area contributed by atoms with Gasteiger partial charge in [-0.3, -0.25) is 0 Å². The Balaban J connectivity index is 1.59. The summed E-state index contributed by atoms with van der Waals surface area (Å²) in [5, 5.41) is 0. The Morgan fingerprint density at radius 3 is 1.38 bits per heavy atom. The first-order chi connectivity index (χ1) is 18.2. The van der Waals surface area contributed by atoms with Crippen molar-refractivity contribution in [3.05, 3.63) is 54.1 Å². The van der Waals surface area contributed by atoms with Gasteiger partial charge < -0.3 is 9.47 Å². The molecule has 2 aromatic rings. The predicted octanol–water partition coefficient (Wildman–Crippen LogP) is 11.5. The Bertz CT molecular complexity index is 765. The Kier molecular flexibility index (Phi) is 18.0. The molecular formula is C35H56O2. The van der Waals surface area contributed by atoms with Crippen molar-refractivity contribution in [1.82, 2.24) is 0 Å². The van der Waals surface area contributed by atoms with Crippen LogP contribution in [-0.2, 0) is 4.74 Å². The van der Waals surface area contributed by atoms with Crippen LogP contribution >= 0.6 is 0 Å². The lowest BCUT2D eigenvalue weighted by Gasteiger charge is -2.14. The van der Waals surface area contributed by atoms with Crippen LogP contribution in [0.5, 0.6) is 5.75 Å². The summed E-state index contributed by atoms with van der Waals surface area (Å²) < 4.78 is 12.1. The van der Waals surface area contributed by atoms with Crippen molar-refractivity contribution in [2.24, 2.45) is 0 Å². The quantitative estimate of drug-likeness (QED) is 0.139. The summed E-state index contributed by atoms with van der Waals surface area (Å²) in [6.07, 6.45) is 22.9. The topological polar surface area (TPSA) is 18.5 Å². The molecule has 0 saturated carbocycles. The van der Waals surface area contributed by atoms with Gasteiger partial charge in [0.25, 0.3) is 0 Å². The average Bonchev–Trinajstić information content (AvgIpc) is 2.93. The molecular weight excluding hydrogens is 452 g/mol. The summed E-state index contributed by atoms with van der Waals surface area (Å²) in [5.74, 6) is 0.975. The second-order valence-corrected chi connectivity index (χ2v) is 10.8. The minimum atomic E-state index is 0.149. The van der Waals surface area contributed by atoms with Gasteiger partial charge in [0.2, 0.25) is 0 Å². The molecule has 0 radical (unpaired) electrons. The summed E-state index contributed by atoms with van der Waals surface area (Å²) >= 11 is 0. The molecule has 0 N–H and O–H groups in total. The molecule has 0 bridgehead atoms. The summed E-state index contributed by atoms with van der Waals surface area (Å²) in [6.45, 7) is 8.40. The third kappa shape index (κ3) is 14.6. The van der Waals surface area contributed by atoms with E-state index in [1.54, 1.807) is 0 Å². The maximum Gasteiger partial charge on any atom is 0.119 e. The van der Waals surface area contributed by atoms with Crippen LogP contribution in [0.3, 0.4) is 0 Å². The Morgan fingerprint density at radius 1 is 0.486 bits per heavy atom. The third-order valence-electron chi connectivity index (χ3n) is 7.45. The summed E-state index contributed by atoms with van der Waals surface area (Å²) in [7, 11) is 0. The summed E-state index contributed by atoms with van der Waals surface area (Å²) in [4.78, 5) is 0. The van der Waals surface area contributed by atoms with Crippen LogP contribution in [-0.4, -0.2) is 13.2 Å². The third-order valence-corrected chi connectivity index (χ3v) is 7.45. The lowest BCUT2D eigenvalue weighted by molar-refractivity contribution is 0.0627. The van der Waals surface area contributed by atoms with Crippen molar-refractivity contribution in [2.45, 2.75) is 136 Å². The molecule has 0 aliphatic heterocycles. The molecule has 0 aromatic heterocycles. The van der Waals surface area contributed by atoms with Crippen molar-refractivity contribution in [3.8, 4) is 16.9 Å². The van der Waals surface area contributed by atoms with E-state index in [1.807, 2.05) is 0 Å². The first-order valence-electron chi connectivity index (χ1n) is 15.7. The molecule has 208 valence electrons. The predicted molar refractivity (Wildman–Crippen MR) is 162 cm³/mol. The molecule has 2 heteroatoms. The van der Waals surface area contributed by atoms with Gasteiger partial charge in [-0.25, -0.2) is 0 Å². The maximum absolute atomic E-state index is 6.11. The van der Waals surface area contributed by atoms with Crippen molar-refractivity contribution >= 4 is 0 Å². The fourth-order valence-electron chi connectivity index (χ4n) is 4.89. The molecule has 0 saturated heterocycles. The highest BCUT2D eigenvalue weighted by Crippen LogP contribution is 2.26. The fraction of sp³-hybridized carbons (Fsp3) is 0.657. The molecule has 0 aliphatic rings. The highest BCUT2D eigenvalue weighted by molar-refractivity contribution is 5.64. The van der Waals surface area contributed by atoms with Gasteiger partial charge in [-0.1, -0.05) is 147 Å². The monoisotopic (exact) mass is 508 g/mol. The number of hydrogen-bond donors (Lipinski definition) is 0. The fourth-order valence-corrected chi connectivity index (χ4v) is 4.89. The maximum atomic E-state index is 6.11. The SMILES string of the molecule is CCCCCCCCCCCOc1ccc(-c2ccc(C(C)OCCCCCCCCCC)cc2)cc1. The number of benzene rings is 2. The number of ether oxygens (including phenoxy) is 2. The van der Waals surface area contributed by atoms with E-state index in [0.717, 1.165) is 25.4 Å². The number of rotatable bonds is 23. The molecule has 2 rings (SSSR count). The highest BCUT2D eigenvalue weighted by atomic mass is 16.5. The standard InChI is InChI=1S/C35H56O2/c1-4-6-8-10-12-14-16-18-20-30-37-35-27-25-34(26-28-35)33-23-21-32(22-24-33)31(3)36-29-19-17-15-13-11-9-7-5-2/h21-28,31H,4-20,29-30H2,1-3H3. The smallest absolute Gasteiger partial charge is 0.119 e. The molecule has 1 unspecified atom stereocenters. The average molecular weight is 509 g/mol.